The zero-order valence-corrected chi connectivity index (χ0v) is 14.2. The van der Waals surface area contributed by atoms with Gasteiger partial charge in [-0.3, -0.25) is 0 Å². The number of hydrogen-bond donors (Lipinski definition) is 1. The van der Waals surface area contributed by atoms with Crippen LogP contribution in [0.15, 0.2) is 42.5 Å². The summed E-state index contributed by atoms with van der Waals surface area (Å²) in [6.45, 7) is 4.08. The maximum atomic E-state index is 8.89. The summed E-state index contributed by atoms with van der Waals surface area (Å²) in [6, 6.07) is 15.8. The second-order valence-corrected chi connectivity index (χ2v) is 6.33. The van der Waals surface area contributed by atoms with E-state index in [0.29, 0.717) is 5.56 Å². The van der Waals surface area contributed by atoms with Crippen LogP contribution in [0.25, 0.3) is 10.9 Å². The number of nitrogens with one attached hydrogen (secondary N) is 1. The first-order valence-corrected chi connectivity index (χ1v) is 8.53. The highest BCUT2D eigenvalue weighted by atomic mass is 15.2. The molecule has 25 heavy (non-hydrogen) atoms. The Morgan fingerprint density at radius 2 is 1.72 bits per heavy atom. The average Bonchev–Trinajstić information content (AvgIpc) is 3.16. The predicted octanol–water partition coefficient (Wildman–Crippen LogP) is 4.15. The lowest BCUT2D eigenvalue weighted by molar-refractivity contribution is 0.925. The quantitative estimate of drug-likeness (QED) is 0.782. The van der Waals surface area contributed by atoms with Crippen LogP contribution in [0.1, 0.15) is 24.2 Å². The molecule has 1 fully saturated rings. The number of rotatable bonds is 3. The molecule has 0 amide bonds. The van der Waals surface area contributed by atoms with Gasteiger partial charge in [-0.2, -0.15) is 5.26 Å². The molecule has 0 saturated carbocycles. The summed E-state index contributed by atoms with van der Waals surface area (Å²) in [5, 5.41) is 13.4. The Hall–Kier alpha value is -3.13. The second kappa shape index (κ2) is 6.40. The first-order chi connectivity index (χ1) is 12.2. The van der Waals surface area contributed by atoms with Gasteiger partial charge in [0.2, 0.25) is 0 Å². The first kappa shape index (κ1) is 15.4. The van der Waals surface area contributed by atoms with Crippen LogP contribution in [0.3, 0.4) is 0 Å². The predicted molar refractivity (Wildman–Crippen MR) is 100 cm³/mol. The molecule has 3 aromatic rings. The zero-order chi connectivity index (χ0) is 17.2. The number of fused-ring (bicyclic) bond motifs is 1. The molecule has 1 saturated heterocycles. The highest BCUT2D eigenvalue weighted by Crippen LogP contribution is 2.29. The van der Waals surface area contributed by atoms with Gasteiger partial charge < -0.3 is 10.2 Å². The molecule has 0 radical (unpaired) electrons. The summed E-state index contributed by atoms with van der Waals surface area (Å²) < 4.78 is 0. The molecule has 1 aliphatic heterocycles. The van der Waals surface area contributed by atoms with E-state index in [1.165, 1.54) is 12.8 Å². The minimum absolute atomic E-state index is 0.655. The lowest BCUT2D eigenvalue weighted by Gasteiger charge is -2.19. The third kappa shape index (κ3) is 3.11. The van der Waals surface area contributed by atoms with E-state index < -0.39 is 0 Å². The van der Waals surface area contributed by atoms with E-state index in [4.69, 9.17) is 5.26 Å². The molecule has 2 heterocycles. The zero-order valence-electron chi connectivity index (χ0n) is 14.2. The summed E-state index contributed by atoms with van der Waals surface area (Å²) in [4.78, 5) is 11.6. The van der Waals surface area contributed by atoms with Crippen LogP contribution in [-0.4, -0.2) is 23.1 Å². The van der Waals surface area contributed by atoms with Gasteiger partial charge in [0.05, 0.1) is 17.1 Å². The van der Waals surface area contributed by atoms with Crippen molar-refractivity contribution >= 4 is 28.1 Å². The number of benzene rings is 2. The summed E-state index contributed by atoms with van der Waals surface area (Å²) in [5.41, 5.74) is 3.53. The van der Waals surface area contributed by atoms with Gasteiger partial charge in [-0.05, 0) is 62.2 Å². The molecule has 0 spiro atoms. The smallest absolute Gasteiger partial charge is 0.140 e. The van der Waals surface area contributed by atoms with E-state index in [2.05, 4.69) is 44.5 Å². The molecule has 0 aliphatic carbocycles. The molecule has 5 heteroatoms. The Morgan fingerprint density at radius 1 is 1.00 bits per heavy atom. The molecule has 1 N–H and O–H groups in total. The molecule has 0 bridgehead atoms. The van der Waals surface area contributed by atoms with Crippen LogP contribution in [0.4, 0.5) is 17.2 Å². The number of aryl methyl sites for hydroxylation is 1. The topological polar surface area (TPSA) is 64.8 Å². The highest BCUT2D eigenvalue weighted by Gasteiger charge is 2.17. The van der Waals surface area contributed by atoms with E-state index in [0.717, 1.165) is 47.0 Å². The lowest BCUT2D eigenvalue weighted by atomic mass is 10.2. The summed E-state index contributed by atoms with van der Waals surface area (Å²) in [7, 11) is 0. The van der Waals surface area contributed by atoms with Crippen molar-refractivity contribution in [3.8, 4) is 6.07 Å². The van der Waals surface area contributed by atoms with Crippen molar-refractivity contribution in [2.45, 2.75) is 19.8 Å². The van der Waals surface area contributed by atoms with Gasteiger partial charge in [-0.1, -0.05) is 0 Å². The van der Waals surface area contributed by atoms with E-state index in [1.54, 1.807) is 12.1 Å². The summed E-state index contributed by atoms with van der Waals surface area (Å²) >= 11 is 0. The monoisotopic (exact) mass is 329 g/mol. The van der Waals surface area contributed by atoms with Crippen LogP contribution in [-0.2, 0) is 0 Å². The molecule has 1 aliphatic rings. The van der Waals surface area contributed by atoms with E-state index in [-0.39, 0.29) is 0 Å². The summed E-state index contributed by atoms with van der Waals surface area (Å²) in [5.74, 6) is 1.84. The largest absolute Gasteiger partial charge is 0.356 e. The van der Waals surface area contributed by atoms with Gasteiger partial charge in [0.25, 0.3) is 0 Å². The molecule has 1 aromatic heterocycles. The van der Waals surface area contributed by atoms with Crippen LogP contribution in [0.5, 0.6) is 0 Å². The molecular formula is C20H19N5. The van der Waals surface area contributed by atoms with E-state index >= 15 is 0 Å². The van der Waals surface area contributed by atoms with Crippen molar-refractivity contribution in [1.29, 1.82) is 5.26 Å². The minimum Gasteiger partial charge on any atom is -0.356 e. The van der Waals surface area contributed by atoms with Gasteiger partial charge in [0, 0.05) is 29.9 Å². The number of anilines is 3. The van der Waals surface area contributed by atoms with Crippen LogP contribution in [0, 0.1) is 18.3 Å². The molecule has 2 aromatic carbocycles. The van der Waals surface area contributed by atoms with Crippen molar-refractivity contribution in [1.82, 2.24) is 9.97 Å². The van der Waals surface area contributed by atoms with Crippen molar-refractivity contribution in [3.05, 3.63) is 53.9 Å². The molecular weight excluding hydrogens is 310 g/mol. The molecule has 0 atom stereocenters. The van der Waals surface area contributed by atoms with Crippen LogP contribution in [0.2, 0.25) is 0 Å². The van der Waals surface area contributed by atoms with E-state index in [1.807, 2.05) is 19.1 Å². The maximum absolute atomic E-state index is 8.89. The molecule has 0 unspecified atom stereocenters. The Labute approximate surface area is 146 Å². The van der Waals surface area contributed by atoms with Gasteiger partial charge in [0.1, 0.15) is 11.6 Å². The van der Waals surface area contributed by atoms with Crippen molar-refractivity contribution in [2.75, 3.05) is 23.3 Å². The third-order valence-corrected chi connectivity index (χ3v) is 4.50. The first-order valence-electron chi connectivity index (χ1n) is 8.53. The Morgan fingerprint density at radius 3 is 2.44 bits per heavy atom. The number of nitrogens with zero attached hydrogens (tertiary/aromatic N) is 4. The molecule has 5 nitrogen and oxygen atoms in total. The van der Waals surface area contributed by atoms with Gasteiger partial charge in [0.15, 0.2) is 0 Å². The van der Waals surface area contributed by atoms with Gasteiger partial charge >= 0.3 is 0 Å². The van der Waals surface area contributed by atoms with Gasteiger partial charge in [-0.15, -0.1) is 0 Å². The van der Waals surface area contributed by atoms with Crippen molar-refractivity contribution in [3.63, 3.8) is 0 Å². The fourth-order valence-electron chi connectivity index (χ4n) is 3.27. The fraction of sp³-hybridized carbons (Fsp3) is 0.250. The fourth-order valence-corrected chi connectivity index (χ4v) is 3.27. The number of aromatic nitrogens is 2. The maximum Gasteiger partial charge on any atom is 0.140 e. The Balaban J connectivity index is 1.68. The SMILES string of the molecule is Cc1nc(N2CCCC2)c2ccc(Nc3ccc(C#N)cc3)cc2n1. The lowest BCUT2D eigenvalue weighted by Crippen LogP contribution is -2.20. The standard InChI is InChI=1S/C20H19N5/c1-14-22-19-12-17(24-16-6-4-15(13-21)5-7-16)8-9-18(19)20(23-14)25-10-2-3-11-25/h4-9,12,24H,2-3,10-11H2,1H3. The second-order valence-electron chi connectivity index (χ2n) is 6.33. The molecule has 124 valence electrons. The average molecular weight is 329 g/mol. The van der Waals surface area contributed by atoms with Crippen LogP contribution < -0.4 is 10.2 Å². The Kier molecular flexibility index (Phi) is 3.95. The van der Waals surface area contributed by atoms with Crippen LogP contribution >= 0.6 is 0 Å². The normalized spacial score (nSPS) is 13.8. The Bertz CT molecular complexity index is 950. The summed E-state index contributed by atoms with van der Waals surface area (Å²) in [6.07, 6.45) is 2.45. The highest BCUT2D eigenvalue weighted by molar-refractivity contribution is 5.92. The minimum atomic E-state index is 0.655. The van der Waals surface area contributed by atoms with Crippen molar-refractivity contribution < 1.29 is 0 Å². The molecule has 4 rings (SSSR count). The van der Waals surface area contributed by atoms with E-state index in [9.17, 15) is 0 Å². The third-order valence-electron chi connectivity index (χ3n) is 4.50. The number of hydrogen-bond acceptors (Lipinski definition) is 5. The number of nitriles is 1. The van der Waals surface area contributed by atoms with Gasteiger partial charge in [-0.25, -0.2) is 9.97 Å². The van der Waals surface area contributed by atoms with Crippen molar-refractivity contribution in [2.24, 2.45) is 0 Å².